The van der Waals surface area contributed by atoms with Crippen molar-refractivity contribution in [2.24, 2.45) is 5.73 Å². The Hall–Kier alpha value is -3.15. The van der Waals surface area contributed by atoms with Gasteiger partial charge in [0.05, 0.1) is 29.4 Å². The minimum absolute atomic E-state index is 0.00588. The number of fused-ring (bicyclic) bond motifs is 3. The Morgan fingerprint density at radius 3 is 2.25 bits per heavy atom. The van der Waals surface area contributed by atoms with E-state index in [9.17, 15) is 34.8 Å². The third kappa shape index (κ3) is 3.56. The fourth-order valence-electron chi connectivity index (χ4n) is 5.42. The first-order valence-corrected chi connectivity index (χ1v) is 11.7. The zero-order valence-electron chi connectivity index (χ0n) is 19.7. The zero-order chi connectivity index (χ0) is 26.1. The molecule has 1 aliphatic heterocycles. The lowest BCUT2D eigenvalue weighted by molar-refractivity contribution is -0.247. The molecule has 0 aromatic heterocycles. The average Bonchev–Trinajstić information content (AvgIpc) is 2.82. The smallest absolute Gasteiger partial charge is 0.198 e. The van der Waals surface area contributed by atoms with Crippen LogP contribution in [-0.4, -0.2) is 67.9 Å². The summed E-state index contributed by atoms with van der Waals surface area (Å²) < 4.78 is 11.8. The van der Waals surface area contributed by atoms with Crippen LogP contribution in [0.5, 0.6) is 11.5 Å². The molecule has 2 aliphatic carbocycles. The fraction of sp³-hybridized carbons (Fsp3) is 0.423. The number of hydrogen-bond acceptors (Lipinski definition) is 10. The Morgan fingerprint density at radius 2 is 1.69 bits per heavy atom. The molecule has 1 fully saturated rings. The van der Waals surface area contributed by atoms with Crippen LogP contribution in [0.15, 0.2) is 24.3 Å². The number of benzene rings is 2. The molecule has 6 atom stereocenters. The number of Topliss-reactive ketones (excluding diaryl/α,β-unsaturated/α-hetero) is 1. The van der Waals surface area contributed by atoms with Gasteiger partial charge in [-0.25, -0.2) is 0 Å². The Morgan fingerprint density at radius 1 is 1.11 bits per heavy atom. The summed E-state index contributed by atoms with van der Waals surface area (Å²) in [6.45, 7) is 2.80. The van der Waals surface area contributed by atoms with E-state index in [4.69, 9.17) is 15.2 Å². The molecule has 0 spiro atoms. The predicted molar refractivity (Wildman–Crippen MR) is 124 cm³/mol. The van der Waals surface area contributed by atoms with Gasteiger partial charge < -0.3 is 35.6 Å². The molecular weight excluding hydrogens is 470 g/mol. The van der Waals surface area contributed by atoms with Gasteiger partial charge in [-0.3, -0.25) is 14.4 Å². The number of carbonyl (C=O) groups excluding carboxylic acids is 3. The van der Waals surface area contributed by atoms with Gasteiger partial charge in [0.1, 0.15) is 17.1 Å². The van der Waals surface area contributed by atoms with Gasteiger partial charge in [0.25, 0.3) is 0 Å². The van der Waals surface area contributed by atoms with Crippen molar-refractivity contribution in [2.75, 3.05) is 0 Å². The summed E-state index contributed by atoms with van der Waals surface area (Å²) in [5.41, 5.74) is 3.38. The normalized spacial score (nSPS) is 31.4. The van der Waals surface area contributed by atoms with Crippen molar-refractivity contribution in [2.45, 2.75) is 69.4 Å². The first kappa shape index (κ1) is 24.5. The molecule has 0 radical (unpaired) electrons. The van der Waals surface area contributed by atoms with E-state index in [1.807, 2.05) is 0 Å². The maximum atomic E-state index is 13.3. The summed E-state index contributed by atoms with van der Waals surface area (Å²) in [4.78, 5) is 39.0. The lowest BCUT2D eigenvalue weighted by Gasteiger charge is -2.42. The molecule has 2 aromatic carbocycles. The number of ketones is 3. The number of ether oxygens (including phenoxy) is 2. The molecule has 0 amide bonds. The topological polar surface area (TPSA) is 177 Å². The number of hydrogen-bond donors (Lipinski definition) is 5. The highest BCUT2D eigenvalue weighted by Gasteiger charge is 2.49. The van der Waals surface area contributed by atoms with Crippen LogP contribution in [0.1, 0.15) is 75.8 Å². The van der Waals surface area contributed by atoms with Crippen LogP contribution in [-0.2, 0) is 20.7 Å². The molecule has 5 rings (SSSR count). The number of aliphatic hydroxyl groups is 2. The minimum Gasteiger partial charge on any atom is -0.507 e. The van der Waals surface area contributed by atoms with Crippen LogP contribution >= 0.6 is 0 Å². The second-order valence-corrected chi connectivity index (χ2v) is 9.80. The molecule has 10 heteroatoms. The third-order valence-electron chi connectivity index (χ3n) is 7.50. The predicted octanol–water partition coefficient (Wildman–Crippen LogP) is 1.02. The maximum Gasteiger partial charge on any atom is 0.198 e. The highest BCUT2D eigenvalue weighted by atomic mass is 16.7. The van der Waals surface area contributed by atoms with Crippen LogP contribution in [0.4, 0.5) is 0 Å². The number of aliphatic hydroxyl groups excluding tert-OH is 1. The number of phenols is 2. The Balaban J connectivity index is 1.66. The van der Waals surface area contributed by atoms with E-state index in [1.165, 1.54) is 19.1 Å². The second kappa shape index (κ2) is 8.46. The fourth-order valence-corrected chi connectivity index (χ4v) is 5.42. The molecule has 0 bridgehead atoms. The van der Waals surface area contributed by atoms with Crippen molar-refractivity contribution in [1.29, 1.82) is 0 Å². The quantitative estimate of drug-likeness (QED) is 0.328. The van der Waals surface area contributed by atoms with E-state index >= 15 is 0 Å². The standard InChI is InChI=1S/C26H27NO9/c1-10-21(29)15(27)7-17(35-10)36-16-9-26(34,11(2)28)8-14-18(16)25(33)20-19(24(14)32)22(30)12-5-3-4-6-13(12)23(20)31/h3-6,10,15-17,21,29,32-34H,7-9,27H2,1-2H3/t10?,15?,16-,17-,21+,26-/m0/s1. The number of aromatic hydroxyl groups is 2. The van der Waals surface area contributed by atoms with Crippen molar-refractivity contribution in [1.82, 2.24) is 0 Å². The van der Waals surface area contributed by atoms with Crippen molar-refractivity contribution < 1.29 is 44.3 Å². The van der Waals surface area contributed by atoms with Crippen molar-refractivity contribution in [3.63, 3.8) is 0 Å². The molecule has 190 valence electrons. The van der Waals surface area contributed by atoms with E-state index in [1.54, 1.807) is 19.1 Å². The molecule has 1 heterocycles. The number of nitrogens with two attached hydrogens (primary N) is 1. The first-order valence-electron chi connectivity index (χ1n) is 11.7. The molecule has 36 heavy (non-hydrogen) atoms. The number of carbonyl (C=O) groups is 3. The first-order chi connectivity index (χ1) is 16.9. The zero-order valence-corrected chi connectivity index (χ0v) is 19.7. The van der Waals surface area contributed by atoms with Gasteiger partial charge in [0.15, 0.2) is 23.6 Å². The van der Waals surface area contributed by atoms with Crippen molar-refractivity contribution >= 4 is 17.3 Å². The Bertz CT molecular complexity index is 1290. The van der Waals surface area contributed by atoms with Crippen LogP contribution in [0.3, 0.4) is 0 Å². The number of rotatable bonds is 3. The minimum atomic E-state index is -1.97. The molecule has 1 saturated heterocycles. The highest BCUT2D eigenvalue weighted by Crippen LogP contribution is 2.51. The molecule has 3 aliphatic rings. The summed E-state index contributed by atoms with van der Waals surface area (Å²) in [5.74, 6) is -3.06. The highest BCUT2D eigenvalue weighted by molar-refractivity contribution is 6.30. The molecule has 2 unspecified atom stereocenters. The largest absolute Gasteiger partial charge is 0.507 e. The maximum absolute atomic E-state index is 13.3. The van der Waals surface area contributed by atoms with Gasteiger partial charge in [-0.1, -0.05) is 24.3 Å². The van der Waals surface area contributed by atoms with Gasteiger partial charge in [0.2, 0.25) is 0 Å². The molecular formula is C26H27NO9. The van der Waals surface area contributed by atoms with E-state index in [-0.39, 0.29) is 46.2 Å². The Labute approximate surface area is 206 Å². The second-order valence-electron chi connectivity index (χ2n) is 9.80. The van der Waals surface area contributed by atoms with E-state index < -0.39 is 71.5 Å². The van der Waals surface area contributed by atoms with E-state index in [2.05, 4.69) is 0 Å². The molecule has 2 aromatic rings. The molecule has 6 N–H and O–H groups in total. The van der Waals surface area contributed by atoms with Crippen molar-refractivity contribution in [3.05, 3.63) is 57.6 Å². The summed E-state index contributed by atoms with van der Waals surface area (Å²) in [5, 5.41) is 43.8. The molecule has 0 saturated carbocycles. The van der Waals surface area contributed by atoms with Crippen LogP contribution in [0, 0.1) is 0 Å². The summed E-state index contributed by atoms with van der Waals surface area (Å²) >= 11 is 0. The monoisotopic (exact) mass is 497 g/mol. The van der Waals surface area contributed by atoms with Gasteiger partial charge in [-0.05, 0) is 13.8 Å². The van der Waals surface area contributed by atoms with Crippen LogP contribution in [0.2, 0.25) is 0 Å². The third-order valence-corrected chi connectivity index (χ3v) is 7.50. The van der Waals surface area contributed by atoms with Gasteiger partial charge in [0, 0.05) is 47.6 Å². The summed E-state index contributed by atoms with van der Waals surface area (Å²) in [7, 11) is 0. The van der Waals surface area contributed by atoms with Crippen LogP contribution in [0.25, 0.3) is 0 Å². The lowest BCUT2D eigenvalue weighted by atomic mass is 9.72. The van der Waals surface area contributed by atoms with Gasteiger partial charge >= 0.3 is 0 Å². The average molecular weight is 498 g/mol. The SMILES string of the molecule is CC(=O)[C@]1(O)Cc2c(O)c3c(c(O)c2[C@@H](O[C@H]2CC(N)[C@H](O)C(C)O2)C1)C(=O)c1ccccc1C3=O. The lowest BCUT2D eigenvalue weighted by Crippen LogP contribution is -2.52. The summed E-state index contributed by atoms with van der Waals surface area (Å²) in [6, 6.07) is 5.40. The van der Waals surface area contributed by atoms with Gasteiger partial charge in [-0.15, -0.1) is 0 Å². The van der Waals surface area contributed by atoms with Crippen LogP contribution < -0.4 is 5.73 Å². The van der Waals surface area contributed by atoms with E-state index in [0.717, 1.165) is 0 Å². The Kier molecular flexibility index (Phi) is 5.77. The summed E-state index contributed by atoms with van der Waals surface area (Å²) in [6.07, 6.45) is -4.38. The van der Waals surface area contributed by atoms with E-state index in [0.29, 0.717) is 0 Å². The number of phenolic OH excluding ortho intramolecular Hbond substituents is 2. The molecule has 10 nitrogen and oxygen atoms in total. The van der Waals surface area contributed by atoms with Crippen molar-refractivity contribution in [3.8, 4) is 11.5 Å². The van der Waals surface area contributed by atoms with Gasteiger partial charge in [-0.2, -0.15) is 0 Å².